The summed E-state index contributed by atoms with van der Waals surface area (Å²) in [6.45, 7) is 10.0. The first-order valence-electron chi connectivity index (χ1n) is 16.8. The van der Waals surface area contributed by atoms with Crippen molar-refractivity contribution >= 4 is 34.8 Å². The molecular formula is C39H44F2N4O8. The second-order valence-electron chi connectivity index (χ2n) is 14.3. The van der Waals surface area contributed by atoms with E-state index in [0.29, 0.717) is 33.8 Å². The zero-order valence-electron chi connectivity index (χ0n) is 30.5. The van der Waals surface area contributed by atoms with Crippen molar-refractivity contribution in [1.29, 1.82) is 0 Å². The van der Waals surface area contributed by atoms with Gasteiger partial charge in [0, 0.05) is 29.5 Å². The predicted molar refractivity (Wildman–Crippen MR) is 194 cm³/mol. The third-order valence-corrected chi connectivity index (χ3v) is 7.86. The molecule has 53 heavy (non-hydrogen) atoms. The highest BCUT2D eigenvalue weighted by atomic mass is 19.3. The van der Waals surface area contributed by atoms with Crippen molar-refractivity contribution in [3.8, 4) is 28.5 Å². The summed E-state index contributed by atoms with van der Waals surface area (Å²) >= 11 is 0. The number of aliphatic carboxylic acids is 1. The molecule has 0 radical (unpaired) electrons. The molecule has 4 N–H and O–H groups in total. The molecule has 14 heteroatoms. The molecule has 0 aliphatic carbocycles. The lowest BCUT2D eigenvalue weighted by Crippen LogP contribution is -2.56. The van der Waals surface area contributed by atoms with E-state index in [4.69, 9.17) is 19.2 Å². The van der Waals surface area contributed by atoms with Crippen LogP contribution < -0.4 is 25.4 Å². The number of amides is 3. The highest BCUT2D eigenvalue weighted by molar-refractivity contribution is 5.94. The molecule has 4 aromatic rings. The summed E-state index contributed by atoms with van der Waals surface area (Å²) in [7, 11) is 1.55. The average molecular weight is 735 g/mol. The van der Waals surface area contributed by atoms with Gasteiger partial charge in [-0.15, -0.1) is 0 Å². The van der Waals surface area contributed by atoms with Gasteiger partial charge in [-0.25, -0.2) is 23.4 Å². The number of carbonyl (C=O) groups is 4. The number of alkyl halides is 2. The topological polar surface area (TPSA) is 165 Å². The Morgan fingerprint density at radius 1 is 0.811 bits per heavy atom. The molecular weight excluding hydrogens is 690 g/mol. The largest absolute Gasteiger partial charge is 0.497 e. The van der Waals surface area contributed by atoms with Gasteiger partial charge in [0.2, 0.25) is 18.2 Å². The summed E-state index contributed by atoms with van der Waals surface area (Å²) < 4.78 is 43.5. The lowest BCUT2D eigenvalue weighted by atomic mass is 9.86. The number of carboxylic acid groups (broad SMARTS) is 1. The number of carboxylic acids is 1. The summed E-state index contributed by atoms with van der Waals surface area (Å²) in [5.41, 5.74) is 0.510. The van der Waals surface area contributed by atoms with Gasteiger partial charge in [-0.1, -0.05) is 63.2 Å². The molecule has 0 spiro atoms. The average Bonchev–Trinajstić information content (AvgIpc) is 3.08. The number of fused-ring (bicyclic) bond motifs is 1. The summed E-state index contributed by atoms with van der Waals surface area (Å²) in [5, 5.41) is 17.4. The van der Waals surface area contributed by atoms with Crippen LogP contribution in [0, 0.1) is 5.41 Å². The number of benzene rings is 3. The number of halogens is 2. The number of hydrogen-bond donors (Lipinski definition) is 4. The summed E-state index contributed by atoms with van der Waals surface area (Å²) in [6.07, 6.45) is -5.07. The molecule has 0 bridgehead atoms. The van der Waals surface area contributed by atoms with Crippen molar-refractivity contribution in [3.05, 3.63) is 84.4 Å². The van der Waals surface area contributed by atoms with Gasteiger partial charge in [0.25, 0.3) is 0 Å². The fraction of sp³-hybridized carbons (Fsp3) is 0.359. The molecule has 3 aromatic carbocycles. The van der Waals surface area contributed by atoms with Crippen molar-refractivity contribution in [2.24, 2.45) is 5.41 Å². The molecule has 0 aliphatic heterocycles. The van der Waals surface area contributed by atoms with Crippen molar-refractivity contribution in [2.75, 3.05) is 7.11 Å². The van der Waals surface area contributed by atoms with Crippen molar-refractivity contribution in [1.82, 2.24) is 20.9 Å². The number of ether oxygens (including phenoxy) is 3. The molecule has 0 unspecified atom stereocenters. The van der Waals surface area contributed by atoms with E-state index in [0.717, 1.165) is 5.56 Å². The number of hydrogen-bond acceptors (Lipinski definition) is 8. The van der Waals surface area contributed by atoms with Crippen LogP contribution in [0.25, 0.3) is 22.2 Å². The second-order valence-corrected chi connectivity index (χ2v) is 14.3. The fourth-order valence-electron chi connectivity index (χ4n) is 5.28. The number of methoxy groups -OCH3 is 1. The van der Waals surface area contributed by atoms with E-state index >= 15 is 0 Å². The first-order valence-corrected chi connectivity index (χ1v) is 16.8. The van der Waals surface area contributed by atoms with Gasteiger partial charge < -0.3 is 35.3 Å². The predicted octanol–water partition coefficient (Wildman–Crippen LogP) is 7.02. The van der Waals surface area contributed by atoms with Gasteiger partial charge in [-0.3, -0.25) is 9.59 Å². The monoisotopic (exact) mass is 734 g/mol. The van der Waals surface area contributed by atoms with E-state index in [1.807, 2.05) is 36.4 Å². The molecule has 0 saturated heterocycles. The first kappa shape index (κ1) is 40.0. The van der Waals surface area contributed by atoms with Crippen LogP contribution in [0.1, 0.15) is 59.6 Å². The number of rotatable bonds is 13. The summed E-state index contributed by atoms with van der Waals surface area (Å²) in [6, 6.07) is 17.9. The molecule has 0 saturated carbocycles. The maximum absolute atomic E-state index is 13.8. The van der Waals surface area contributed by atoms with Gasteiger partial charge >= 0.3 is 12.1 Å². The van der Waals surface area contributed by atoms with Crippen LogP contribution in [0.2, 0.25) is 0 Å². The van der Waals surface area contributed by atoms with Crippen LogP contribution in [0.3, 0.4) is 0 Å². The Morgan fingerprint density at radius 3 is 2.02 bits per heavy atom. The maximum Gasteiger partial charge on any atom is 0.408 e. The molecule has 1 heterocycles. The van der Waals surface area contributed by atoms with Crippen LogP contribution in [-0.2, 0) is 19.1 Å². The molecule has 282 valence electrons. The number of pyridine rings is 1. The SMILES string of the molecule is COc1ccc2c(Oc3ccc([C@H](NC(=O)[C@@H](NC(=O)OC(C)(C)C)C(C)(C)C)C(=O)N[C@@H](CC(F)F)C(=O)O)cc3)cc(-c3ccccc3)nc2c1. The van der Waals surface area contributed by atoms with Gasteiger partial charge in [0.1, 0.15) is 41.0 Å². The normalized spacial score (nSPS) is 13.4. The fourth-order valence-corrected chi connectivity index (χ4v) is 5.28. The number of nitrogens with one attached hydrogen (secondary N) is 3. The molecule has 0 fully saturated rings. The van der Waals surface area contributed by atoms with E-state index < -0.39 is 65.9 Å². The Balaban J connectivity index is 1.69. The van der Waals surface area contributed by atoms with Crippen molar-refractivity contribution < 1.29 is 47.3 Å². The lowest BCUT2D eigenvalue weighted by molar-refractivity contribution is -0.143. The molecule has 3 amide bonds. The highest BCUT2D eigenvalue weighted by Gasteiger charge is 2.37. The van der Waals surface area contributed by atoms with Crippen LogP contribution in [0.5, 0.6) is 17.2 Å². The van der Waals surface area contributed by atoms with E-state index in [1.54, 1.807) is 66.9 Å². The molecule has 12 nitrogen and oxygen atoms in total. The molecule has 3 atom stereocenters. The van der Waals surface area contributed by atoms with E-state index in [1.165, 1.54) is 24.3 Å². The minimum absolute atomic E-state index is 0.170. The molecule has 4 rings (SSSR count). The van der Waals surface area contributed by atoms with E-state index in [-0.39, 0.29) is 5.56 Å². The van der Waals surface area contributed by atoms with Crippen LogP contribution in [-0.4, -0.2) is 65.2 Å². The summed E-state index contributed by atoms with van der Waals surface area (Å²) in [5.74, 6) is -2.15. The van der Waals surface area contributed by atoms with Crippen molar-refractivity contribution in [3.63, 3.8) is 0 Å². The third-order valence-electron chi connectivity index (χ3n) is 7.86. The number of alkyl carbamates (subject to hydrolysis) is 1. The van der Waals surface area contributed by atoms with E-state index in [2.05, 4.69) is 16.0 Å². The lowest BCUT2D eigenvalue weighted by Gasteiger charge is -2.32. The second kappa shape index (κ2) is 16.7. The van der Waals surface area contributed by atoms with Gasteiger partial charge in [0.15, 0.2) is 0 Å². The Hall–Kier alpha value is -5.79. The molecule has 0 aliphatic rings. The van der Waals surface area contributed by atoms with Gasteiger partial charge in [-0.05, 0) is 56.0 Å². The zero-order valence-corrected chi connectivity index (χ0v) is 30.5. The van der Waals surface area contributed by atoms with Gasteiger partial charge in [-0.2, -0.15) is 0 Å². The minimum atomic E-state index is -3.03. The van der Waals surface area contributed by atoms with Crippen LogP contribution in [0.15, 0.2) is 78.9 Å². The highest BCUT2D eigenvalue weighted by Crippen LogP contribution is 2.35. The quantitative estimate of drug-likeness (QED) is 0.113. The smallest absolute Gasteiger partial charge is 0.408 e. The van der Waals surface area contributed by atoms with Gasteiger partial charge in [0.05, 0.1) is 18.3 Å². The molecule has 1 aromatic heterocycles. The minimum Gasteiger partial charge on any atom is -0.497 e. The Morgan fingerprint density at radius 2 is 1.45 bits per heavy atom. The third kappa shape index (κ3) is 11.1. The standard InChI is InChI=1S/C39H44F2N4O8/c1-38(2,3)33(45-37(50)53-39(4,5)6)35(47)44-32(34(46)43-29(36(48)49)21-31(40)41)23-13-15-24(16-14-23)52-30-20-27(22-11-9-8-10-12-22)42-28-19-25(51-7)17-18-26(28)30/h8-20,29,31-33H,21H2,1-7H3,(H,43,46)(H,44,47)(H,45,50)(H,48,49)/t29-,32-,33+/m0/s1. The maximum atomic E-state index is 13.8. The first-order chi connectivity index (χ1) is 24.8. The Kier molecular flexibility index (Phi) is 12.6. The number of aromatic nitrogens is 1. The Labute approximate surface area is 306 Å². The van der Waals surface area contributed by atoms with Crippen LogP contribution >= 0.6 is 0 Å². The van der Waals surface area contributed by atoms with Crippen molar-refractivity contribution in [2.45, 2.75) is 78.1 Å². The van der Waals surface area contributed by atoms with E-state index in [9.17, 15) is 33.1 Å². The number of carbonyl (C=O) groups excluding carboxylic acids is 3. The van der Waals surface area contributed by atoms with Crippen LogP contribution in [0.4, 0.5) is 13.6 Å². The summed E-state index contributed by atoms with van der Waals surface area (Å²) in [4.78, 5) is 56.6. The zero-order chi connectivity index (χ0) is 39.1. The number of nitrogens with zero attached hydrogens (tertiary/aromatic N) is 1. The Bertz CT molecular complexity index is 1930.